The summed E-state index contributed by atoms with van der Waals surface area (Å²) in [4.78, 5) is 21.6. The summed E-state index contributed by atoms with van der Waals surface area (Å²) in [5.74, 6) is -0.477. The van der Waals surface area contributed by atoms with Gasteiger partial charge in [0.15, 0.2) is 0 Å². The van der Waals surface area contributed by atoms with E-state index >= 15 is 0 Å². The van der Waals surface area contributed by atoms with Crippen molar-refractivity contribution >= 4 is 17.3 Å². The van der Waals surface area contributed by atoms with E-state index in [9.17, 15) is 22.8 Å². The molecule has 8 heteroatoms. The van der Waals surface area contributed by atoms with Gasteiger partial charge in [-0.3, -0.25) is 14.2 Å². The molecule has 18 heavy (non-hydrogen) atoms. The van der Waals surface area contributed by atoms with Crippen LogP contribution in [0, 0.1) is 0 Å². The average molecular weight is 283 g/mol. The third-order valence-corrected chi connectivity index (χ3v) is 2.90. The number of hydrogen-bond donors (Lipinski definition) is 0. The lowest BCUT2D eigenvalue weighted by Gasteiger charge is -2.09. The van der Waals surface area contributed by atoms with Crippen LogP contribution in [0.15, 0.2) is 10.2 Å². The van der Waals surface area contributed by atoms with Gasteiger partial charge in [0.1, 0.15) is 5.69 Å². The highest BCUT2D eigenvalue weighted by atomic mass is 32.1. The second-order valence-electron chi connectivity index (χ2n) is 3.44. The number of alkyl halides is 3. The summed E-state index contributed by atoms with van der Waals surface area (Å²) in [6, 6.07) is 0. The van der Waals surface area contributed by atoms with E-state index in [0.29, 0.717) is 15.9 Å². The molecule has 0 unspecified atom stereocenters. The van der Waals surface area contributed by atoms with Gasteiger partial charge in [0, 0.05) is 18.3 Å². The molecule has 0 fully saturated rings. The van der Waals surface area contributed by atoms with Gasteiger partial charge in [-0.05, 0) is 13.3 Å². The molecule has 0 aromatic carbocycles. The van der Waals surface area contributed by atoms with Gasteiger partial charge in [-0.1, -0.05) is 11.3 Å². The second-order valence-corrected chi connectivity index (χ2v) is 4.27. The van der Waals surface area contributed by atoms with Crippen molar-refractivity contribution in [2.75, 3.05) is 6.61 Å². The number of nitrogens with zero attached hydrogens (tertiary/aromatic N) is 1. The Balaban J connectivity index is 2.65. The van der Waals surface area contributed by atoms with Crippen LogP contribution in [0.5, 0.6) is 0 Å². The van der Waals surface area contributed by atoms with Gasteiger partial charge in [-0.15, -0.1) is 0 Å². The highest BCUT2D eigenvalue weighted by Gasteiger charge is 2.35. The zero-order valence-corrected chi connectivity index (χ0v) is 10.4. The van der Waals surface area contributed by atoms with Crippen molar-refractivity contribution in [2.45, 2.75) is 32.5 Å². The average Bonchev–Trinajstić information content (AvgIpc) is 2.60. The number of thiazole rings is 1. The molecule has 0 aliphatic heterocycles. The molecular weight excluding hydrogens is 271 g/mol. The molecule has 0 aliphatic carbocycles. The summed E-state index contributed by atoms with van der Waals surface area (Å²) in [5.41, 5.74) is -0.971. The number of rotatable bonds is 5. The third kappa shape index (κ3) is 3.86. The fourth-order valence-corrected chi connectivity index (χ4v) is 2.17. The van der Waals surface area contributed by atoms with Crippen molar-refractivity contribution in [1.29, 1.82) is 0 Å². The summed E-state index contributed by atoms with van der Waals surface area (Å²) < 4.78 is 42.9. The van der Waals surface area contributed by atoms with E-state index in [1.165, 1.54) is 0 Å². The number of carbonyl (C=O) groups excluding carboxylic acids is 1. The molecule has 102 valence electrons. The molecule has 0 saturated carbocycles. The Kier molecular flexibility index (Phi) is 4.94. The molecule has 1 aromatic rings. The van der Waals surface area contributed by atoms with Gasteiger partial charge >= 0.3 is 17.0 Å². The Morgan fingerprint density at radius 1 is 1.50 bits per heavy atom. The Morgan fingerprint density at radius 2 is 2.17 bits per heavy atom. The van der Waals surface area contributed by atoms with Gasteiger partial charge in [0.25, 0.3) is 0 Å². The van der Waals surface area contributed by atoms with E-state index in [4.69, 9.17) is 0 Å². The maximum atomic E-state index is 12.5. The van der Waals surface area contributed by atoms with E-state index in [1.807, 2.05) is 0 Å². The maximum Gasteiger partial charge on any atom is 0.432 e. The number of carbonyl (C=O) groups is 1. The van der Waals surface area contributed by atoms with Crippen molar-refractivity contribution < 1.29 is 22.7 Å². The minimum atomic E-state index is -4.55. The zero-order valence-electron chi connectivity index (χ0n) is 9.62. The van der Waals surface area contributed by atoms with E-state index < -0.39 is 22.7 Å². The van der Waals surface area contributed by atoms with Gasteiger partial charge in [0.05, 0.1) is 6.61 Å². The maximum absolute atomic E-state index is 12.5. The molecule has 0 radical (unpaired) electrons. The summed E-state index contributed by atoms with van der Waals surface area (Å²) in [6.45, 7) is 1.73. The number of ether oxygens (including phenoxy) is 1. The topological polar surface area (TPSA) is 48.3 Å². The molecule has 0 atom stereocenters. The summed E-state index contributed by atoms with van der Waals surface area (Å²) in [5, 5.41) is 0.784. The lowest BCUT2D eigenvalue weighted by molar-refractivity contribution is -0.143. The molecule has 0 spiro atoms. The summed E-state index contributed by atoms with van der Waals surface area (Å²) in [7, 11) is 0. The van der Waals surface area contributed by atoms with Crippen LogP contribution >= 0.6 is 11.3 Å². The largest absolute Gasteiger partial charge is 0.466 e. The number of aromatic nitrogens is 1. The van der Waals surface area contributed by atoms with E-state index in [1.54, 1.807) is 6.92 Å². The highest BCUT2D eigenvalue weighted by Crippen LogP contribution is 2.29. The van der Waals surface area contributed by atoms with E-state index in [2.05, 4.69) is 4.74 Å². The predicted molar refractivity (Wildman–Crippen MR) is 59.4 cm³/mol. The first-order chi connectivity index (χ1) is 8.36. The van der Waals surface area contributed by atoms with Gasteiger partial charge < -0.3 is 4.74 Å². The van der Waals surface area contributed by atoms with Crippen LogP contribution in [-0.2, 0) is 22.3 Å². The quantitative estimate of drug-likeness (QED) is 0.779. The normalized spacial score (nSPS) is 11.6. The molecule has 0 N–H and O–H groups in total. The van der Waals surface area contributed by atoms with Crippen molar-refractivity contribution in [3.63, 3.8) is 0 Å². The van der Waals surface area contributed by atoms with Crippen LogP contribution in [0.25, 0.3) is 0 Å². The van der Waals surface area contributed by atoms with Crippen molar-refractivity contribution in [2.24, 2.45) is 0 Å². The van der Waals surface area contributed by atoms with E-state index in [0.717, 1.165) is 5.38 Å². The fourth-order valence-electron chi connectivity index (χ4n) is 1.38. The summed E-state index contributed by atoms with van der Waals surface area (Å²) in [6.07, 6.45) is -4.42. The first kappa shape index (κ1) is 14.7. The van der Waals surface area contributed by atoms with Crippen LogP contribution in [0.2, 0.25) is 0 Å². The monoisotopic (exact) mass is 283 g/mol. The molecule has 0 saturated heterocycles. The Bertz CT molecular complexity index is 464. The number of hydrogen-bond acceptors (Lipinski definition) is 4. The van der Waals surface area contributed by atoms with E-state index in [-0.39, 0.29) is 26.0 Å². The van der Waals surface area contributed by atoms with Crippen LogP contribution in [0.1, 0.15) is 25.5 Å². The molecular formula is C10H12F3NO3S. The number of halogens is 3. The van der Waals surface area contributed by atoms with Crippen LogP contribution in [0.3, 0.4) is 0 Å². The number of esters is 1. The highest BCUT2D eigenvalue weighted by molar-refractivity contribution is 7.07. The molecule has 4 nitrogen and oxygen atoms in total. The fraction of sp³-hybridized carbons (Fsp3) is 0.600. The summed E-state index contributed by atoms with van der Waals surface area (Å²) >= 11 is 0.498. The third-order valence-electron chi connectivity index (χ3n) is 2.14. The molecule has 0 aliphatic rings. The minimum Gasteiger partial charge on any atom is -0.466 e. The van der Waals surface area contributed by atoms with Gasteiger partial charge in [-0.2, -0.15) is 13.2 Å². The Labute approximate surface area is 105 Å². The zero-order chi connectivity index (χ0) is 13.8. The first-order valence-corrected chi connectivity index (χ1v) is 6.15. The molecule has 1 heterocycles. The lowest BCUT2D eigenvalue weighted by atomic mass is 10.3. The van der Waals surface area contributed by atoms with Crippen molar-refractivity contribution in [3.05, 3.63) is 20.7 Å². The van der Waals surface area contributed by atoms with Crippen LogP contribution in [-0.4, -0.2) is 17.1 Å². The minimum absolute atomic E-state index is 0.00652. The van der Waals surface area contributed by atoms with Crippen molar-refractivity contribution in [3.8, 4) is 0 Å². The molecule has 0 bridgehead atoms. The van der Waals surface area contributed by atoms with Crippen LogP contribution < -0.4 is 4.87 Å². The molecule has 0 amide bonds. The standard InChI is InChI=1S/C10H12F3NO3S/c1-2-17-8(15)4-3-5-14-7(10(11,12)13)6-18-9(14)16/h6H,2-5H2,1H3. The predicted octanol–water partition coefficient (Wildman–Crippen LogP) is 2.27. The Morgan fingerprint density at radius 3 is 2.72 bits per heavy atom. The smallest absolute Gasteiger partial charge is 0.432 e. The van der Waals surface area contributed by atoms with Crippen LogP contribution in [0.4, 0.5) is 13.2 Å². The Hall–Kier alpha value is -1.31. The second kappa shape index (κ2) is 6.03. The van der Waals surface area contributed by atoms with Crippen molar-refractivity contribution in [1.82, 2.24) is 4.57 Å². The van der Waals surface area contributed by atoms with Gasteiger partial charge in [0.2, 0.25) is 0 Å². The SMILES string of the molecule is CCOC(=O)CCCn1c(C(F)(F)F)csc1=O. The lowest BCUT2D eigenvalue weighted by Crippen LogP contribution is -2.22. The van der Waals surface area contributed by atoms with Gasteiger partial charge in [-0.25, -0.2) is 0 Å². The first-order valence-electron chi connectivity index (χ1n) is 5.27. The molecule has 1 aromatic heterocycles. The molecule has 1 rings (SSSR count).